The van der Waals surface area contributed by atoms with E-state index in [0.29, 0.717) is 25.5 Å². The SMILES string of the molecule is CCCC(C(=O)O)N(CC(=O)O)CC(=O)O.CCN(CC(=O)O)C(CCC(=O)N1CCCN(C=O)CCN(C(=O)CCC(C(=O)O)N(CC(=O)O)CC(=O)O)CCCN(C(=O)CCSC(CC=O)C(=O)N(C)C2CC(C)(C)NC2(C)C)CC1)C(=O)O.O=CO. The lowest BCUT2D eigenvalue weighted by atomic mass is 9.93. The lowest BCUT2D eigenvalue weighted by molar-refractivity contribution is -0.152. The molecule has 0 aromatic rings. The van der Waals surface area contributed by atoms with E-state index in [0.717, 1.165) is 9.80 Å². The Kier molecular flexibility index (Phi) is 38.1. The zero-order valence-corrected chi connectivity index (χ0v) is 52.5. The van der Waals surface area contributed by atoms with Gasteiger partial charge in [-0.2, -0.15) is 0 Å². The fraction of sp³-hybridized carbons (Fsp3) is 0.727. The highest BCUT2D eigenvalue weighted by atomic mass is 32.2. The van der Waals surface area contributed by atoms with Gasteiger partial charge in [0.15, 0.2) is 0 Å². The molecule has 10 N–H and O–H groups in total. The molecule has 5 amide bonds. The number of hydrogen-bond acceptors (Lipinski definition) is 20. The van der Waals surface area contributed by atoms with Crippen LogP contribution in [0.2, 0.25) is 0 Å². The maximum Gasteiger partial charge on any atom is 0.320 e. The second-order valence-electron chi connectivity index (χ2n) is 22.3. The molecule has 0 aliphatic carbocycles. The number of carboxylic acid groups (broad SMARTS) is 9. The van der Waals surface area contributed by atoms with E-state index in [-0.39, 0.29) is 139 Å². The van der Waals surface area contributed by atoms with Gasteiger partial charge in [0.25, 0.3) is 6.47 Å². The molecule has 0 aromatic carbocycles. The number of thioether (sulfide) groups is 1. The molecule has 0 aromatic heterocycles. The molecule has 2 aliphatic heterocycles. The van der Waals surface area contributed by atoms with Crippen LogP contribution < -0.4 is 5.32 Å². The van der Waals surface area contributed by atoms with Crippen LogP contribution >= 0.6 is 11.8 Å². The molecule has 2 heterocycles. The van der Waals surface area contributed by atoms with Crippen molar-refractivity contribution in [3.8, 4) is 0 Å². The number of amides is 5. The molecular formula is C55H91N9O24S. The maximum atomic E-state index is 14.1. The van der Waals surface area contributed by atoms with E-state index in [1.807, 2.05) is 27.7 Å². The van der Waals surface area contributed by atoms with E-state index in [2.05, 4.69) is 5.32 Å². The number of rotatable bonds is 34. The summed E-state index contributed by atoms with van der Waals surface area (Å²) in [6.07, 6.45) is 1.52. The van der Waals surface area contributed by atoms with Crippen LogP contribution in [-0.4, -0.2) is 321 Å². The van der Waals surface area contributed by atoms with Crippen molar-refractivity contribution in [2.45, 2.75) is 153 Å². The Labute approximate surface area is 520 Å². The summed E-state index contributed by atoms with van der Waals surface area (Å²) in [6.45, 7) is 7.89. The first kappa shape index (κ1) is 81.4. The first-order valence-electron chi connectivity index (χ1n) is 28.8. The van der Waals surface area contributed by atoms with Crippen LogP contribution in [0.4, 0.5) is 0 Å². The van der Waals surface area contributed by atoms with Crippen LogP contribution in [0.3, 0.4) is 0 Å². The zero-order valence-electron chi connectivity index (χ0n) is 51.6. The van der Waals surface area contributed by atoms with Gasteiger partial charge in [-0.05, 0) is 72.8 Å². The third-order valence-electron chi connectivity index (χ3n) is 14.6. The van der Waals surface area contributed by atoms with Crippen molar-refractivity contribution in [3.63, 3.8) is 0 Å². The molecule has 5 atom stereocenters. The quantitative estimate of drug-likeness (QED) is 0.0343. The first-order chi connectivity index (χ1) is 41.6. The predicted octanol–water partition coefficient (Wildman–Crippen LogP) is -1.06. The molecule has 0 saturated carbocycles. The van der Waals surface area contributed by atoms with Crippen LogP contribution in [0.15, 0.2) is 0 Å². The van der Waals surface area contributed by atoms with E-state index >= 15 is 0 Å². The highest BCUT2D eigenvalue weighted by Crippen LogP contribution is 2.35. The Morgan fingerprint density at radius 1 is 0.551 bits per heavy atom. The summed E-state index contributed by atoms with van der Waals surface area (Å²) in [5, 5.41) is 83.5. The summed E-state index contributed by atoms with van der Waals surface area (Å²) in [7, 11) is 1.70. The van der Waals surface area contributed by atoms with E-state index in [4.69, 9.17) is 25.2 Å². The number of carbonyl (C=O) groups excluding carboxylic acids is 6. The molecule has 33 nitrogen and oxygen atoms in total. The lowest BCUT2D eigenvalue weighted by Gasteiger charge is -2.36. The average molecular weight is 1290 g/mol. The molecule has 2 aliphatic rings. The number of aldehydes is 1. The minimum Gasteiger partial charge on any atom is -0.483 e. The summed E-state index contributed by atoms with van der Waals surface area (Å²) in [5.74, 6) is -12.2. The fourth-order valence-corrected chi connectivity index (χ4v) is 11.7. The maximum absolute atomic E-state index is 14.1. The number of nitrogens with one attached hydrogen (secondary N) is 1. The normalized spacial score (nSPS) is 17.4. The van der Waals surface area contributed by atoms with Gasteiger partial charge >= 0.3 is 47.8 Å². The molecule has 0 radical (unpaired) electrons. The van der Waals surface area contributed by atoms with Gasteiger partial charge in [-0.15, -0.1) is 11.8 Å². The van der Waals surface area contributed by atoms with Crippen molar-refractivity contribution < 1.29 is 118 Å². The van der Waals surface area contributed by atoms with Crippen molar-refractivity contribution in [1.82, 2.24) is 44.5 Å². The van der Waals surface area contributed by atoms with Crippen LogP contribution in [0, 0.1) is 0 Å². The second kappa shape index (κ2) is 41.6. The number of likely N-dealkylation sites (N-methyl/N-ethyl adjacent to an activating group) is 2. The zero-order chi connectivity index (χ0) is 68.4. The first-order valence-corrected chi connectivity index (χ1v) is 29.8. The predicted molar refractivity (Wildman–Crippen MR) is 316 cm³/mol. The van der Waals surface area contributed by atoms with Crippen molar-refractivity contribution in [2.24, 2.45) is 0 Å². The fourth-order valence-electron chi connectivity index (χ4n) is 10.6. The van der Waals surface area contributed by atoms with Gasteiger partial charge in [-0.3, -0.25) is 81.8 Å². The average Bonchev–Trinajstić information content (AvgIpc) is 1.90. The van der Waals surface area contributed by atoms with Crippen LogP contribution in [0.1, 0.15) is 112 Å². The van der Waals surface area contributed by atoms with Gasteiger partial charge in [-0.25, -0.2) is 0 Å². The summed E-state index contributed by atoms with van der Waals surface area (Å²) in [4.78, 5) is 189. The smallest absolute Gasteiger partial charge is 0.320 e. The molecule has 34 heteroatoms. The Balaban J connectivity index is 0.00000349. The number of nitrogens with zero attached hydrogens (tertiary/aromatic N) is 8. The van der Waals surface area contributed by atoms with E-state index < -0.39 is 134 Å². The van der Waals surface area contributed by atoms with E-state index in [9.17, 15) is 92.7 Å². The van der Waals surface area contributed by atoms with Crippen LogP contribution in [0.25, 0.3) is 0 Å². The van der Waals surface area contributed by atoms with Gasteiger partial charge in [0, 0.05) is 102 Å². The van der Waals surface area contributed by atoms with Crippen molar-refractivity contribution in [2.75, 3.05) is 104 Å². The molecule has 506 valence electrons. The van der Waals surface area contributed by atoms with E-state index in [1.54, 1.807) is 25.8 Å². The molecule has 2 fully saturated rings. The second-order valence-corrected chi connectivity index (χ2v) is 23.6. The van der Waals surface area contributed by atoms with Gasteiger partial charge in [0.05, 0.1) is 44.0 Å². The number of carboxylic acids is 8. The Morgan fingerprint density at radius 2 is 0.921 bits per heavy atom. The van der Waals surface area contributed by atoms with Crippen LogP contribution in [0.5, 0.6) is 0 Å². The van der Waals surface area contributed by atoms with Crippen molar-refractivity contribution in [3.05, 3.63) is 0 Å². The molecule has 89 heavy (non-hydrogen) atoms. The van der Waals surface area contributed by atoms with Gasteiger partial charge < -0.3 is 80.6 Å². The monoisotopic (exact) mass is 1290 g/mol. The Hall–Kier alpha value is -7.56. The van der Waals surface area contributed by atoms with Crippen molar-refractivity contribution >= 4 is 102 Å². The summed E-state index contributed by atoms with van der Waals surface area (Å²) in [5.41, 5.74) is -0.650. The highest BCUT2D eigenvalue weighted by Gasteiger charge is 2.48. The Bertz CT molecular complexity index is 2370. The number of carbonyl (C=O) groups is 15. The Morgan fingerprint density at radius 3 is 1.27 bits per heavy atom. The van der Waals surface area contributed by atoms with E-state index in [1.165, 1.54) is 36.3 Å². The highest BCUT2D eigenvalue weighted by molar-refractivity contribution is 8.00. The van der Waals surface area contributed by atoms with Gasteiger partial charge in [0.2, 0.25) is 30.0 Å². The number of hydrogen-bond donors (Lipinski definition) is 10. The van der Waals surface area contributed by atoms with Gasteiger partial charge in [0.1, 0.15) is 24.4 Å². The van der Waals surface area contributed by atoms with Gasteiger partial charge in [-0.1, -0.05) is 20.3 Å². The molecule has 0 spiro atoms. The molecular weight excluding hydrogens is 1200 g/mol. The third-order valence-corrected chi connectivity index (χ3v) is 15.8. The minimum absolute atomic E-state index is 0.00464. The standard InChI is InChI=1S/C45H74N8O16S.C9H15NO6.CH2O2/c1-7-49(27-38(59)60)31(42(66)67)10-12-36(57)51-17-8-16-48(30-55)20-21-50(35(56)13-11-32(43(68)69)53(28-39(61)62)29-40(63)64)18-9-19-52(23-22-51)37(58)15-25-70-33(14-24-54)41(65)47(6)34-26-44(2,3)46-45(34,4)5;1-2-3-6(9(15)16)10(4-7(11)12)5-8(13)14;2-1-3/h24,30-34,46H,7-23,25-29H2,1-6H3,(H,59,60)(H,61,62)(H,63,64)(H,66,67)(H,68,69);6H,2-5H2,1H3,(H,11,12)(H,13,14)(H,15,16);1H,(H,2,3). The molecule has 2 saturated heterocycles. The van der Waals surface area contributed by atoms with Crippen LogP contribution in [-0.2, 0) is 71.9 Å². The molecule has 2 rings (SSSR count). The van der Waals surface area contributed by atoms with Crippen molar-refractivity contribution in [1.29, 1.82) is 0 Å². The topological polar surface area (TPSA) is 476 Å². The largest absolute Gasteiger partial charge is 0.483 e. The third kappa shape index (κ3) is 31.5. The minimum atomic E-state index is -1.63. The molecule has 5 unspecified atom stereocenters. The number of aliphatic carboxylic acids is 8. The molecule has 0 bridgehead atoms. The summed E-state index contributed by atoms with van der Waals surface area (Å²) in [6, 6.07) is -4.15. The lowest BCUT2D eigenvalue weighted by Crippen LogP contribution is -2.54. The summed E-state index contributed by atoms with van der Waals surface area (Å²) < 4.78 is 0. The summed E-state index contributed by atoms with van der Waals surface area (Å²) >= 11 is 1.17.